The van der Waals surface area contributed by atoms with Gasteiger partial charge in [0.15, 0.2) is 4.96 Å². The molecule has 0 unspecified atom stereocenters. The van der Waals surface area contributed by atoms with Gasteiger partial charge >= 0.3 is 6.03 Å². The fourth-order valence-electron chi connectivity index (χ4n) is 2.05. The standard InChI is InChI=1S/C15H13N5O3S/c1-16-14(23)19-10-4-2-3-9(7-10)18-12(21)11-8-17-15-20(13(11)22)5-6-24-15/h2-8H,1H3,(H,18,21)(H2,16,19,23). The maximum absolute atomic E-state index is 12.3. The molecule has 0 bridgehead atoms. The van der Waals surface area contributed by atoms with Crippen LogP contribution in [0.5, 0.6) is 0 Å². The number of benzene rings is 1. The Bertz CT molecular complexity index is 978. The number of nitrogens with one attached hydrogen (secondary N) is 3. The molecule has 2 aromatic heterocycles. The van der Waals surface area contributed by atoms with Crippen molar-refractivity contribution in [3.05, 3.63) is 58.0 Å². The molecule has 1 aromatic carbocycles. The number of nitrogens with zero attached hydrogens (tertiary/aromatic N) is 2. The summed E-state index contributed by atoms with van der Waals surface area (Å²) in [5.74, 6) is -0.565. The average molecular weight is 343 g/mol. The third kappa shape index (κ3) is 3.10. The first-order valence-electron chi connectivity index (χ1n) is 6.93. The molecule has 0 aliphatic carbocycles. The predicted octanol–water partition coefficient (Wildman–Crippen LogP) is 1.76. The van der Waals surface area contributed by atoms with E-state index in [1.807, 2.05) is 0 Å². The Kier molecular flexibility index (Phi) is 4.25. The van der Waals surface area contributed by atoms with Crippen molar-refractivity contribution in [2.45, 2.75) is 0 Å². The van der Waals surface area contributed by atoms with Gasteiger partial charge < -0.3 is 16.0 Å². The van der Waals surface area contributed by atoms with Gasteiger partial charge in [0.25, 0.3) is 11.5 Å². The van der Waals surface area contributed by atoms with E-state index in [9.17, 15) is 14.4 Å². The number of carbonyl (C=O) groups excluding carboxylic acids is 2. The van der Waals surface area contributed by atoms with Crippen LogP contribution < -0.4 is 21.5 Å². The number of anilines is 2. The van der Waals surface area contributed by atoms with Gasteiger partial charge in [-0.05, 0) is 18.2 Å². The molecule has 24 heavy (non-hydrogen) atoms. The van der Waals surface area contributed by atoms with Gasteiger partial charge in [-0.1, -0.05) is 6.07 Å². The van der Waals surface area contributed by atoms with Crippen molar-refractivity contribution in [2.75, 3.05) is 17.7 Å². The summed E-state index contributed by atoms with van der Waals surface area (Å²) in [4.78, 5) is 40.5. The monoisotopic (exact) mass is 343 g/mol. The van der Waals surface area contributed by atoms with Crippen molar-refractivity contribution in [1.82, 2.24) is 14.7 Å². The molecule has 0 aliphatic rings. The highest BCUT2D eigenvalue weighted by Crippen LogP contribution is 2.16. The van der Waals surface area contributed by atoms with Crippen LogP contribution in [0, 0.1) is 0 Å². The smallest absolute Gasteiger partial charge is 0.318 e. The third-order valence-electron chi connectivity index (χ3n) is 3.19. The predicted molar refractivity (Wildman–Crippen MR) is 91.8 cm³/mol. The first kappa shape index (κ1) is 15.7. The summed E-state index contributed by atoms with van der Waals surface area (Å²) in [6.45, 7) is 0. The van der Waals surface area contributed by atoms with Gasteiger partial charge in [0.2, 0.25) is 0 Å². The topological polar surface area (TPSA) is 105 Å². The molecule has 122 valence electrons. The zero-order valence-electron chi connectivity index (χ0n) is 12.6. The number of hydrogen-bond donors (Lipinski definition) is 3. The van der Waals surface area contributed by atoms with E-state index in [4.69, 9.17) is 0 Å². The molecule has 3 aromatic rings. The summed E-state index contributed by atoms with van der Waals surface area (Å²) in [6.07, 6.45) is 2.83. The van der Waals surface area contributed by atoms with Crippen LogP contribution >= 0.6 is 11.3 Å². The molecule has 3 amide bonds. The van der Waals surface area contributed by atoms with E-state index in [0.29, 0.717) is 16.3 Å². The highest BCUT2D eigenvalue weighted by Gasteiger charge is 2.14. The molecular weight excluding hydrogens is 330 g/mol. The van der Waals surface area contributed by atoms with Crippen LogP contribution in [-0.2, 0) is 0 Å². The van der Waals surface area contributed by atoms with E-state index in [-0.39, 0.29) is 11.6 Å². The lowest BCUT2D eigenvalue weighted by molar-refractivity contribution is 0.102. The van der Waals surface area contributed by atoms with Gasteiger partial charge in [-0.15, -0.1) is 11.3 Å². The third-order valence-corrected chi connectivity index (χ3v) is 3.96. The first-order valence-corrected chi connectivity index (χ1v) is 7.81. The van der Waals surface area contributed by atoms with Crippen molar-refractivity contribution >= 4 is 39.6 Å². The van der Waals surface area contributed by atoms with Gasteiger partial charge in [0.05, 0.1) is 0 Å². The minimum absolute atomic E-state index is 0.0597. The maximum atomic E-state index is 12.3. The molecule has 0 atom stereocenters. The molecule has 0 saturated heterocycles. The highest BCUT2D eigenvalue weighted by atomic mass is 32.1. The fraction of sp³-hybridized carbons (Fsp3) is 0.0667. The number of hydrogen-bond acceptors (Lipinski definition) is 5. The van der Waals surface area contributed by atoms with Crippen molar-refractivity contribution in [2.24, 2.45) is 0 Å². The summed E-state index contributed by atoms with van der Waals surface area (Å²) < 4.78 is 1.32. The van der Waals surface area contributed by atoms with E-state index in [1.54, 1.807) is 35.8 Å². The van der Waals surface area contributed by atoms with Crippen molar-refractivity contribution < 1.29 is 9.59 Å². The van der Waals surface area contributed by atoms with Gasteiger partial charge in [-0.2, -0.15) is 0 Å². The van der Waals surface area contributed by atoms with E-state index >= 15 is 0 Å². The van der Waals surface area contributed by atoms with Crippen molar-refractivity contribution in [1.29, 1.82) is 0 Å². The molecule has 0 radical (unpaired) electrons. The van der Waals surface area contributed by atoms with Crippen LogP contribution in [0.4, 0.5) is 16.2 Å². The molecule has 8 nitrogen and oxygen atoms in total. The molecule has 3 N–H and O–H groups in total. The molecule has 0 saturated carbocycles. The summed E-state index contributed by atoms with van der Waals surface area (Å²) >= 11 is 1.31. The van der Waals surface area contributed by atoms with Gasteiger partial charge in [-0.25, -0.2) is 9.78 Å². The normalized spacial score (nSPS) is 10.4. The zero-order valence-corrected chi connectivity index (χ0v) is 13.4. The summed E-state index contributed by atoms with van der Waals surface area (Å²) in [5, 5.41) is 9.38. The Morgan fingerprint density at radius 2 is 1.96 bits per heavy atom. The zero-order chi connectivity index (χ0) is 17.1. The van der Waals surface area contributed by atoms with Crippen LogP contribution in [0.15, 0.2) is 46.8 Å². The van der Waals surface area contributed by atoms with Crippen LogP contribution in [0.2, 0.25) is 0 Å². The number of aromatic nitrogens is 2. The van der Waals surface area contributed by atoms with E-state index in [1.165, 1.54) is 29.0 Å². The quantitative estimate of drug-likeness (QED) is 0.674. The second-order valence-corrected chi connectivity index (χ2v) is 5.64. The lowest BCUT2D eigenvalue weighted by Crippen LogP contribution is -2.26. The Hall–Kier alpha value is -3.20. The number of carbonyl (C=O) groups is 2. The van der Waals surface area contributed by atoms with E-state index < -0.39 is 11.5 Å². The highest BCUT2D eigenvalue weighted by molar-refractivity contribution is 7.15. The number of amides is 3. The molecule has 2 heterocycles. The van der Waals surface area contributed by atoms with Crippen LogP contribution in [0.25, 0.3) is 4.96 Å². The lowest BCUT2D eigenvalue weighted by Gasteiger charge is -2.08. The molecule has 0 fully saturated rings. The van der Waals surface area contributed by atoms with Crippen molar-refractivity contribution in [3.8, 4) is 0 Å². The average Bonchev–Trinajstić information content (AvgIpc) is 3.05. The Morgan fingerprint density at radius 3 is 2.71 bits per heavy atom. The van der Waals surface area contributed by atoms with Crippen LogP contribution in [-0.4, -0.2) is 28.4 Å². The second-order valence-electron chi connectivity index (χ2n) is 4.77. The maximum Gasteiger partial charge on any atom is 0.318 e. The molecule has 0 aliphatic heterocycles. The van der Waals surface area contributed by atoms with Gasteiger partial charge in [-0.3, -0.25) is 14.0 Å². The summed E-state index contributed by atoms with van der Waals surface area (Å²) in [5.41, 5.74) is 0.466. The fourth-order valence-corrected chi connectivity index (χ4v) is 2.72. The minimum Gasteiger partial charge on any atom is -0.341 e. The second kappa shape index (κ2) is 6.50. The molecule has 9 heteroatoms. The van der Waals surface area contributed by atoms with E-state index in [0.717, 1.165) is 0 Å². The van der Waals surface area contributed by atoms with Crippen LogP contribution in [0.3, 0.4) is 0 Å². The van der Waals surface area contributed by atoms with Crippen molar-refractivity contribution in [3.63, 3.8) is 0 Å². The van der Waals surface area contributed by atoms with Gasteiger partial charge in [0.1, 0.15) is 5.56 Å². The van der Waals surface area contributed by atoms with Crippen LogP contribution in [0.1, 0.15) is 10.4 Å². The molecule has 3 rings (SSSR count). The Morgan fingerprint density at radius 1 is 1.21 bits per heavy atom. The Balaban J connectivity index is 1.83. The minimum atomic E-state index is -0.565. The molecule has 0 spiro atoms. The largest absolute Gasteiger partial charge is 0.341 e. The van der Waals surface area contributed by atoms with E-state index in [2.05, 4.69) is 20.9 Å². The first-order chi connectivity index (χ1) is 11.6. The summed E-state index contributed by atoms with van der Waals surface area (Å²) in [7, 11) is 1.50. The number of thiazole rings is 1. The molecular formula is C15H13N5O3S. The number of urea groups is 1. The number of fused-ring (bicyclic) bond motifs is 1. The SMILES string of the molecule is CNC(=O)Nc1cccc(NC(=O)c2cnc3sccn3c2=O)c1. The van der Waals surface area contributed by atoms with Gasteiger partial charge in [0, 0.05) is 36.2 Å². The number of rotatable bonds is 3. The Labute approximate surface area is 140 Å². The summed E-state index contributed by atoms with van der Waals surface area (Å²) in [6, 6.07) is 6.22. The lowest BCUT2D eigenvalue weighted by atomic mass is 10.2.